The highest BCUT2D eigenvalue weighted by Gasteiger charge is 2.08. The van der Waals surface area contributed by atoms with Gasteiger partial charge in [-0.1, -0.05) is 6.58 Å². The van der Waals surface area contributed by atoms with Crippen LogP contribution >= 0.6 is 0 Å². The van der Waals surface area contributed by atoms with Crippen LogP contribution in [0.4, 0.5) is 5.95 Å². The van der Waals surface area contributed by atoms with Crippen LogP contribution in [-0.2, 0) is 0 Å². The van der Waals surface area contributed by atoms with Crippen molar-refractivity contribution in [3.8, 4) is 11.8 Å². The maximum Gasteiger partial charge on any atom is 0.236 e. The van der Waals surface area contributed by atoms with Crippen LogP contribution in [-0.4, -0.2) is 30.7 Å². The summed E-state index contributed by atoms with van der Waals surface area (Å²) in [5, 5.41) is 0. The molecular formula is C10H15N3O2. The van der Waals surface area contributed by atoms with Crippen molar-refractivity contribution >= 4 is 5.95 Å². The number of hydrogen-bond acceptors (Lipinski definition) is 5. The van der Waals surface area contributed by atoms with E-state index in [1.165, 1.54) is 0 Å². The number of ether oxygens (including phenoxy) is 2. The molecule has 15 heavy (non-hydrogen) atoms. The maximum atomic E-state index is 5.04. The van der Waals surface area contributed by atoms with E-state index >= 15 is 0 Å². The van der Waals surface area contributed by atoms with E-state index in [1.54, 1.807) is 31.4 Å². The Bertz CT molecular complexity index is 319. The standard InChI is InChI=1S/C10H15N3O2/c1-5-13(6-2)10-11-8(14-3)7-9(12-10)15-4/h5,7H,1,6H2,2-4H3. The van der Waals surface area contributed by atoms with Gasteiger partial charge in [-0.15, -0.1) is 0 Å². The number of nitrogens with zero attached hydrogens (tertiary/aromatic N) is 3. The fourth-order valence-electron chi connectivity index (χ4n) is 1.08. The van der Waals surface area contributed by atoms with Crippen molar-refractivity contribution in [2.24, 2.45) is 0 Å². The first-order valence-corrected chi connectivity index (χ1v) is 4.61. The molecule has 0 saturated heterocycles. The predicted octanol–water partition coefficient (Wildman–Crippen LogP) is 1.46. The molecule has 1 aromatic rings. The van der Waals surface area contributed by atoms with Crippen LogP contribution < -0.4 is 14.4 Å². The Hall–Kier alpha value is -1.78. The lowest BCUT2D eigenvalue weighted by Gasteiger charge is -2.16. The highest BCUT2D eigenvalue weighted by Crippen LogP contribution is 2.19. The highest BCUT2D eigenvalue weighted by molar-refractivity contribution is 5.39. The summed E-state index contributed by atoms with van der Waals surface area (Å²) < 4.78 is 10.1. The van der Waals surface area contributed by atoms with Gasteiger partial charge in [0.2, 0.25) is 17.7 Å². The lowest BCUT2D eigenvalue weighted by Crippen LogP contribution is -2.17. The van der Waals surface area contributed by atoms with Crippen molar-refractivity contribution in [3.05, 3.63) is 18.8 Å². The summed E-state index contributed by atoms with van der Waals surface area (Å²) in [5.41, 5.74) is 0. The van der Waals surface area contributed by atoms with Crippen molar-refractivity contribution in [2.45, 2.75) is 6.92 Å². The Balaban J connectivity index is 3.10. The molecular weight excluding hydrogens is 194 g/mol. The average molecular weight is 209 g/mol. The molecule has 5 nitrogen and oxygen atoms in total. The van der Waals surface area contributed by atoms with Gasteiger partial charge in [0.15, 0.2) is 0 Å². The Kier molecular flexibility index (Phi) is 3.91. The van der Waals surface area contributed by atoms with Crippen molar-refractivity contribution in [1.29, 1.82) is 0 Å². The topological polar surface area (TPSA) is 47.5 Å². The fraction of sp³-hybridized carbons (Fsp3) is 0.400. The molecule has 82 valence electrons. The lowest BCUT2D eigenvalue weighted by molar-refractivity contribution is 0.372. The number of hydrogen-bond donors (Lipinski definition) is 0. The minimum atomic E-state index is 0.470. The van der Waals surface area contributed by atoms with E-state index in [9.17, 15) is 0 Å². The number of aromatic nitrogens is 2. The molecule has 0 spiro atoms. The first-order valence-electron chi connectivity index (χ1n) is 4.61. The molecule has 0 fully saturated rings. The van der Waals surface area contributed by atoms with Crippen LogP contribution in [0.15, 0.2) is 18.8 Å². The quantitative estimate of drug-likeness (QED) is 0.734. The molecule has 1 heterocycles. The van der Waals surface area contributed by atoms with Crippen molar-refractivity contribution in [1.82, 2.24) is 9.97 Å². The van der Waals surface area contributed by atoms with Crippen LogP contribution in [0.2, 0.25) is 0 Å². The Morgan fingerprint density at radius 3 is 2.20 bits per heavy atom. The third-order valence-corrected chi connectivity index (χ3v) is 1.90. The van der Waals surface area contributed by atoms with E-state index in [0.29, 0.717) is 17.7 Å². The van der Waals surface area contributed by atoms with E-state index in [1.807, 2.05) is 6.92 Å². The Morgan fingerprint density at radius 1 is 1.33 bits per heavy atom. The third-order valence-electron chi connectivity index (χ3n) is 1.90. The zero-order valence-corrected chi connectivity index (χ0v) is 9.23. The van der Waals surface area contributed by atoms with Gasteiger partial charge in [-0.25, -0.2) is 0 Å². The van der Waals surface area contributed by atoms with Gasteiger partial charge < -0.3 is 14.4 Å². The molecule has 0 bridgehead atoms. The molecule has 0 radical (unpaired) electrons. The minimum Gasteiger partial charge on any atom is -0.481 e. The Morgan fingerprint density at radius 2 is 1.87 bits per heavy atom. The van der Waals surface area contributed by atoms with Gasteiger partial charge in [0.1, 0.15) is 0 Å². The maximum absolute atomic E-state index is 5.04. The van der Waals surface area contributed by atoms with E-state index in [-0.39, 0.29) is 0 Å². The van der Waals surface area contributed by atoms with Crippen molar-refractivity contribution in [2.75, 3.05) is 25.7 Å². The summed E-state index contributed by atoms with van der Waals surface area (Å²) in [7, 11) is 3.10. The van der Waals surface area contributed by atoms with Gasteiger partial charge in [-0.05, 0) is 13.1 Å². The summed E-state index contributed by atoms with van der Waals surface area (Å²) in [6, 6.07) is 1.63. The van der Waals surface area contributed by atoms with Crippen molar-refractivity contribution < 1.29 is 9.47 Å². The highest BCUT2D eigenvalue weighted by atomic mass is 16.5. The van der Waals surface area contributed by atoms with Crippen LogP contribution in [0.5, 0.6) is 11.8 Å². The molecule has 0 aliphatic carbocycles. The van der Waals surface area contributed by atoms with Crippen LogP contribution in [0.25, 0.3) is 0 Å². The third kappa shape index (κ3) is 2.59. The van der Waals surface area contributed by atoms with Crippen LogP contribution in [0.1, 0.15) is 6.92 Å². The average Bonchev–Trinajstić information content (AvgIpc) is 2.30. The molecule has 0 aliphatic heterocycles. The molecule has 0 aromatic carbocycles. The zero-order valence-electron chi connectivity index (χ0n) is 9.23. The first kappa shape index (κ1) is 11.3. The summed E-state index contributed by atoms with van der Waals surface area (Å²) in [4.78, 5) is 10.2. The molecule has 0 amide bonds. The number of methoxy groups -OCH3 is 2. The van der Waals surface area contributed by atoms with Gasteiger partial charge in [0.25, 0.3) is 0 Å². The van der Waals surface area contributed by atoms with Gasteiger partial charge >= 0.3 is 0 Å². The monoisotopic (exact) mass is 209 g/mol. The van der Waals surface area contributed by atoms with Crippen molar-refractivity contribution in [3.63, 3.8) is 0 Å². The molecule has 1 aromatic heterocycles. The molecule has 0 unspecified atom stereocenters. The van der Waals surface area contributed by atoms with Crippen LogP contribution in [0, 0.1) is 0 Å². The molecule has 5 heteroatoms. The smallest absolute Gasteiger partial charge is 0.236 e. The van der Waals surface area contributed by atoms with E-state index in [0.717, 1.165) is 6.54 Å². The van der Waals surface area contributed by atoms with E-state index in [2.05, 4.69) is 16.5 Å². The number of anilines is 1. The summed E-state index contributed by atoms with van der Waals surface area (Å²) in [6.45, 7) is 6.40. The van der Waals surface area contributed by atoms with Crippen LogP contribution in [0.3, 0.4) is 0 Å². The summed E-state index contributed by atoms with van der Waals surface area (Å²) in [6.07, 6.45) is 1.66. The fourth-order valence-corrected chi connectivity index (χ4v) is 1.08. The molecule has 0 N–H and O–H groups in total. The molecule has 0 atom stereocenters. The van der Waals surface area contributed by atoms with E-state index < -0.39 is 0 Å². The normalized spacial score (nSPS) is 9.53. The molecule has 1 rings (SSSR count). The first-order chi connectivity index (χ1) is 7.24. The zero-order chi connectivity index (χ0) is 11.3. The largest absolute Gasteiger partial charge is 0.481 e. The van der Waals surface area contributed by atoms with Gasteiger partial charge in [-0.2, -0.15) is 9.97 Å². The summed E-state index contributed by atoms with van der Waals surface area (Å²) in [5.74, 6) is 1.46. The van der Waals surface area contributed by atoms with E-state index in [4.69, 9.17) is 9.47 Å². The molecule has 0 aliphatic rings. The Labute approximate surface area is 89.4 Å². The number of rotatable bonds is 5. The second kappa shape index (κ2) is 5.19. The lowest BCUT2D eigenvalue weighted by atomic mass is 10.5. The molecule has 0 saturated carbocycles. The summed E-state index contributed by atoms with van der Waals surface area (Å²) >= 11 is 0. The van der Waals surface area contributed by atoms with Gasteiger partial charge in [0, 0.05) is 6.54 Å². The van der Waals surface area contributed by atoms with Gasteiger partial charge in [0.05, 0.1) is 20.3 Å². The second-order valence-electron chi connectivity index (χ2n) is 2.72. The minimum absolute atomic E-state index is 0.470. The van der Waals surface area contributed by atoms with Gasteiger partial charge in [-0.3, -0.25) is 0 Å². The second-order valence-corrected chi connectivity index (χ2v) is 2.72. The predicted molar refractivity (Wildman–Crippen MR) is 58.4 cm³/mol. The SMILES string of the molecule is C=CN(CC)c1nc(OC)cc(OC)n1.